The molecule has 1 aliphatic heterocycles. The molecule has 1 heterocycles. The van der Waals surface area contributed by atoms with Gasteiger partial charge in [0.1, 0.15) is 0 Å². The van der Waals surface area contributed by atoms with Crippen LogP contribution in [0.4, 0.5) is 5.69 Å². The minimum absolute atomic E-state index is 0.0578. The van der Waals surface area contributed by atoms with Gasteiger partial charge in [0.2, 0.25) is 0 Å². The third kappa shape index (κ3) is 2.59. The Morgan fingerprint density at radius 1 is 1.26 bits per heavy atom. The Labute approximate surface area is 115 Å². The van der Waals surface area contributed by atoms with Crippen molar-refractivity contribution in [1.29, 1.82) is 0 Å². The number of anilines is 1. The van der Waals surface area contributed by atoms with Crippen LogP contribution in [0.15, 0.2) is 18.2 Å². The Morgan fingerprint density at radius 2 is 1.84 bits per heavy atom. The molecule has 1 aliphatic rings. The van der Waals surface area contributed by atoms with Gasteiger partial charge >= 0.3 is 0 Å². The van der Waals surface area contributed by atoms with Crippen molar-refractivity contribution in [3.8, 4) is 0 Å². The number of nitrogens with two attached hydrogens (primary N) is 1. The van der Waals surface area contributed by atoms with Crippen LogP contribution in [0.1, 0.15) is 29.8 Å². The average molecular weight is 261 g/mol. The number of rotatable bonds is 1. The number of piperazine rings is 1. The first-order valence-electron chi connectivity index (χ1n) is 6.78. The van der Waals surface area contributed by atoms with Crippen LogP contribution in [0.5, 0.6) is 0 Å². The molecule has 1 aromatic rings. The second-order valence-corrected chi connectivity index (χ2v) is 5.61. The van der Waals surface area contributed by atoms with Crippen LogP contribution >= 0.6 is 0 Å². The molecule has 0 bridgehead atoms. The molecule has 4 nitrogen and oxygen atoms in total. The van der Waals surface area contributed by atoms with Gasteiger partial charge in [-0.25, -0.2) is 0 Å². The molecule has 1 amide bonds. The van der Waals surface area contributed by atoms with Crippen molar-refractivity contribution in [2.24, 2.45) is 0 Å². The number of nitrogens with zero attached hydrogens (tertiary/aromatic N) is 2. The van der Waals surface area contributed by atoms with Gasteiger partial charge in [0.25, 0.3) is 5.91 Å². The molecule has 0 saturated carbocycles. The summed E-state index contributed by atoms with van der Waals surface area (Å²) >= 11 is 0. The lowest BCUT2D eigenvalue weighted by Gasteiger charge is -2.42. The predicted octanol–water partition coefficient (Wildman–Crippen LogP) is 1.74. The maximum Gasteiger partial charge on any atom is 0.256 e. The smallest absolute Gasteiger partial charge is 0.256 e. The number of likely N-dealkylation sites (N-methyl/N-ethyl adjacent to an activating group) is 1. The van der Waals surface area contributed by atoms with Crippen molar-refractivity contribution < 1.29 is 4.79 Å². The summed E-state index contributed by atoms with van der Waals surface area (Å²) in [5.41, 5.74) is 8.15. The van der Waals surface area contributed by atoms with Crippen LogP contribution in [0.2, 0.25) is 0 Å². The summed E-state index contributed by atoms with van der Waals surface area (Å²) in [5.74, 6) is 0.0578. The summed E-state index contributed by atoms with van der Waals surface area (Å²) < 4.78 is 0. The van der Waals surface area contributed by atoms with Gasteiger partial charge in [-0.1, -0.05) is 12.1 Å². The van der Waals surface area contributed by atoms with E-state index in [2.05, 4.69) is 25.8 Å². The number of aryl methyl sites for hydroxylation is 1. The van der Waals surface area contributed by atoms with Crippen molar-refractivity contribution in [2.75, 3.05) is 25.9 Å². The van der Waals surface area contributed by atoms with Gasteiger partial charge in [-0.05, 0) is 39.4 Å². The molecule has 0 radical (unpaired) electrons. The summed E-state index contributed by atoms with van der Waals surface area (Å²) in [7, 11) is 2.11. The zero-order chi connectivity index (χ0) is 14.2. The lowest BCUT2D eigenvalue weighted by molar-refractivity contribution is 0.0414. The van der Waals surface area contributed by atoms with E-state index in [0.717, 1.165) is 18.7 Å². The number of carbonyl (C=O) groups excluding carboxylic acids is 1. The van der Waals surface area contributed by atoms with Crippen molar-refractivity contribution in [3.63, 3.8) is 0 Å². The van der Waals surface area contributed by atoms with Gasteiger partial charge in [0.15, 0.2) is 0 Å². The van der Waals surface area contributed by atoms with E-state index < -0.39 is 0 Å². The van der Waals surface area contributed by atoms with Gasteiger partial charge in [-0.2, -0.15) is 0 Å². The number of benzene rings is 1. The first-order valence-corrected chi connectivity index (χ1v) is 6.78. The minimum atomic E-state index is 0.0578. The van der Waals surface area contributed by atoms with E-state index >= 15 is 0 Å². The van der Waals surface area contributed by atoms with Gasteiger partial charge in [0.05, 0.1) is 5.56 Å². The van der Waals surface area contributed by atoms with E-state index in [0.29, 0.717) is 23.3 Å². The Bertz CT molecular complexity index is 454. The van der Waals surface area contributed by atoms with Crippen LogP contribution in [-0.2, 0) is 0 Å². The zero-order valence-electron chi connectivity index (χ0n) is 12.2. The van der Waals surface area contributed by atoms with Gasteiger partial charge < -0.3 is 10.6 Å². The Kier molecular flexibility index (Phi) is 3.80. The average Bonchev–Trinajstić information content (AvgIpc) is 2.35. The second kappa shape index (κ2) is 5.21. The fourth-order valence-corrected chi connectivity index (χ4v) is 2.71. The topological polar surface area (TPSA) is 49.6 Å². The molecule has 2 rings (SSSR count). The van der Waals surface area contributed by atoms with Crippen LogP contribution in [0.3, 0.4) is 0 Å². The number of carbonyl (C=O) groups is 1. The number of nitrogen functional groups attached to an aromatic ring is 1. The van der Waals surface area contributed by atoms with E-state index in [1.165, 1.54) is 0 Å². The molecule has 2 unspecified atom stereocenters. The lowest BCUT2D eigenvalue weighted by Crippen LogP contribution is -2.56. The first-order chi connectivity index (χ1) is 8.91. The van der Waals surface area contributed by atoms with Crippen molar-refractivity contribution in [2.45, 2.75) is 32.9 Å². The highest BCUT2D eigenvalue weighted by molar-refractivity contribution is 6.00. The molecule has 1 fully saturated rings. The highest BCUT2D eigenvalue weighted by Crippen LogP contribution is 2.21. The highest BCUT2D eigenvalue weighted by atomic mass is 16.2. The van der Waals surface area contributed by atoms with Gasteiger partial charge in [-0.15, -0.1) is 0 Å². The number of hydrogen-bond donors (Lipinski definition) is 1. The largest absolute Gasteiger partial charge is 0.398 e. The molecule has 0 aliphatic carbocycles. The monoisotopic (exact) mass is 261 g/mol. The van der Waals surface area contributed by atoms with Crippen LogP contribution in [-0.4, -0.2) is 47.9 Å². The molecule has 1 aromatic carbocycles. The van der Waals surface area contributed by atoms with E-state index in [1.807, 2.05) is 24.0 Å². The molecule has 0 aromatic heterocycles. The Balaban J connectivity index is 2.25. The zero-order valence-corrected chi connectivity index (χ0v) is 12.2. The number of amides is 1. The molecule has 2 N–H and O–H groups in total. The standard InChI is InChI=1S/C15H23N3O/c1-10-6-5-7-13(16)14(10)15(19)18-8-11(2)17(4)12(3)9-18/h5-7,11-12H,8-9,16H2,1-4H3. The second-order valence-electron chi connectivity index (χ2n) is 5.61. The van der Waals surface area contributed by atoms with Crippen LogP contribution in [0, 0.1) is 6.92 Å². The van der Waals surface area contributed by atoms with E-state index in [1.54, 1.807) is 6.07 Å². The van der Waals surface area contributed by atoms with Gasteiger partial charge in [-0.3, -0.25) is 9.69 Å². The van der Waals surface area contributed by atoms with E-state index in [9.17, 15) is 4.79 Å². The Morgan fingerprint density at radius 3 is 2.37 bits per heavy atom. The summed E-state index contributed by atoms with van der Waals surface area (Å²) in [5, 5.41) is 0. The summed E-state index contributed by atoms with van der Waals surface area (Å²) in [6.45, 7) is 7.75. The molecule has 1 saturated heterocycles. The lowest BCUT2D eigenvalue weighted by atomic mass is 10.0. The molecular formula is C15H23N3O. The van der Waals surface area contributed by atoms with Crippen molar-refractivity contribution in [3.05, 3.63) is 29.3 Å². The first kappa shape index (κ1) is 13.9. The molecule has 4 heteroatoms. The van der Waals surface area contributed by atoms with Gasteiger partial charge in [0, 0.05) is 30.9 Å². The minimum Gasteiger partial charge on any atom is -0.398 e. The van der Waals surface area contributed by atoms with E-state index in [4.69, 9.17) is 5.73 Å². The van der Waals surface area contributed by atoms with Crippen molar-refractivity contribution in [1.82, 2.24) is 9.80 Å². The van der Waals surface area contributed by atoms with E-state index in [-0.39, 0.29) is 5.91 Å². The molecular weight excluding hydrogens is 238 g/mol. The normalized spacial score (nSPS) is 24.5. The summed E-state index contributed by atoms with van der Waals surface area (Å²) in [4.78, 5) is 16.9. The third-order valence-electron chi connectivity index (χ3n) is 4.17. The fourth-order valence-electron chi connectivity index (χ4n) is 2.71. The predicted molar refractivity (Wildman–Crippen MR) is 78.2 cm³/mol. The maximum atomic E-state index is 12.7. The number of hydrogen-bond acceptors (Lipinski definition) is 3. The maximum absolute atomic E-state index is 12.7. The molecule has 2 atom stereocenters. The molecule has 19 heavy (non-hydrogen) atoms. The van der Waals surface area contributed by atoms with Crippen LogP contribution in [0.25, 0.3) is 0 Å². The van der Waals surface area contributed by atoms with Crippen LogP contribution < -0.4 is 5.73 Å². The third-order valence-corrected chi connectivity index (χ3v) is 4.17. The molecule has 104 valence electrons. The summed E-state index contributed by atoms with van der Waals surface area (Å²) in [6, 6.07) is 6.36. The fraction of sp³-hybridized carbons (Fsp3) is 0.533. The van der Waals surface area contributed by atoms with Crippen molar-refractivity contribution >= 4 is 11.6 Å². The quantitative estimate of drug-likeness (QED) is 0.783. The highest BCUT2D eigenvalue weighted by Gasteiger charge is 2.30. The summed E-state index contributed by atoms with van der Waals surface area (Å²) in [6.07, 6.45) is 0. The SMILES string of the molecule is Cc1cccc(N)c1C(=O)N1CC(C)N(C)C(C)C1. The Hall–Kier alpha value is -1.55. The molecule has 0 spiro atoms.